The van der Waals surface area contributed by atoms with Gasteiger partial charge >= 0.3 is 0 Å². The zero-order chi connectivity index (χ0) is 8.39. The molecule has 0 unspecified atom stereocenters. The Hall–Kier alpha value is 0.260. The van der Waals surface area contributed by atoms with Crippen molar-refractivity contribution in [3.8, 4) is 0 Å². The van der Waals surface area contributed by atoms with Crippen LogP contribution in [0, 0.1) is 0 Å². The van der Waals surface area contributed by atoms with Crippen LogP contribution in [-0.2, 0) is 13.0 Å². The molecule has 1 nitrogen and oxygen atoms in total. The average Bonchev–Trinajstić information content (AvgIpc) is 2.17. The minimum absolute atomic E-state index is 1.10. The first-order valence-electron chi connectivity index (χ1n) is 4.00. The molecule has 12 heavy (non-hydrogen) atoms. The van der Waals surface area contributed by atoms with Gasteiger partial charge in [-0.2, -0.15) is 0 Å². The molecule has 0 atom stereocenters. The van der Waals surface area contributed by atoms with E-state index in [1.165, 1.54) is 24.1 Å². The van der Waals surface area contributed by atoms with Crippen molar-refractivity contribution in [3.63, 3.8) is 0 Å². The van der Waals surface area contributed by atoms with Crippen LogP contribution in [-0.4, -0.2) is 10.8 Å². The molecule has 1 heterocycles. The van der Waals surface area contributed by atoms with Crippen molar-refractivity contribution in [2.45, 2.75) is 13.0 Å². The normalized spacial score (nSPS) is 17.4. The Morgan fingerprint density at radius 3 is 2.75 bits per heavy atom. The van der Waals surface area contributed by atoms with Gasteiger partial charge in [0.1, 0.15) is 0 Å². The van der Waals surface area contributed by atoms with E-state index in [9.17, 15) is 0 Å². The molecule has 0 saturated heterocycles. The van der Waals surface area contributed by atoms with Crippen molar-refractivity contribution >= 4 is 30.3 Å². The minimum atomic E-state index is 1.10. The van der Waals surface area contributed by atoms with E-state index in [1.807, 2.05) is 9.12 Å². The molecule has 1 aliphatic heterocycles. The summed E-state index contributed by atoms with van der Waals surface area (Å²) in [4.78, 5) is 0. The highest BCUT2D eigenvalue weighted by Gasteiger charge is 2.14. The summed E-state index contributed by atoms with van der Waals surface area (Å²) in [6.07, 6.45) is 1.20. The van der Waals surface area contributed by atoms with E-state index in [0.717, 1.165) is 6.54 Å². The lowest BCUT2D eigenvalue weighted by Crippen LogP contribution is -2.23. The fraction of sp³-hybridized carbons (Fsp3) is 0.333. The van der Waals surface area contributed by atoms with E-state index in [-0.39, 0.29) is 0 Å². The van der Waals surface area contributed by atoms with Crippen LogP contribution in [0.5, 0.6) is 0 Å². The lowest BCUT2D eigenvalue weighted by Gasteiger charge is -2.25. The SMILES string of the molecule is ISN1CCc2ccccc2C1. The largest absolute Gasteiger partial charge is 0.237 e. The molecular weight excluding hydrogens is 281 g/mol. The summed E-state index contributed by atoms with van der Waals surface area (Å²) in [6, 6.07) is 8.73. The van der Waals surface area contributed by atoms with Gasteiger partial charge in [-0.25, -0.2) is 4.31 Å². The van der Waals surface area contributed by atoms with Crippen LogP contribution < -0.4 is 0 Å². The van der Waals surface area contributed by atoms with E-state index in [1.54, 1.807) is 0 Å². The van der Waals surface area contributed by atoms with Crippen LogP contribution in [0.3, 0.4) is 0 Å². The predicted molar refractivity (Wildman–Crippen MR) is 62.2 cm³/mol. The van der Waals surface area contributed by atoms with Gasteiger partial charge in [-0.3, -0.25) is 0 Å². The molecule has 0 amide bonds. The van der Waals surface area contributed by atoms with Crippen molar-refractivity contribution < 1.29 is 0 Å². The van der Waals surface area contributed by atoms with Crippen LogP contribution in [0.15, 0.2) is 24.3 Å². The second-order valence-corrected chi connectivity index (χ2v) is 4.79. The molecule has 0 N–H and O–H groups in total. The molecule has 0 spiro atoms. The Labute approximate surface area is 89.2 Å². The monoisotopic (exact) mass is 291 g/mol. The third kappa shape index (κ3) is 1.78. The molecule has 0 saturated carbocycles. The topological polar surface area (TPSA) is 3.24 Å². The van der Waals surface area contributed by atoms with E-state index < -0.39 is 0 Å². The first kappa shape index (κ1) is 8.84. The fourth-order valence-corrected chi connectivity index (χ4v) is 2.89. The van der Waals surface area contributed by atoms with Gasteiger partial charge in [-0.1, -0.05) is 24.3 Å². The highest BCUT2D eigenvalue weighted by atomic mass is 127. The number of hydrogen-bond acceptors (Lipinski definition) is 2. The van der Waals surface area contributed by atoms with Gasteiger partial charge in [0.05, 0.1) is 0 Å². The molecule has 1 aliphatic rings. The van der Waals surface area contributed by atoms with Crippen LogP contribution in [0.4, 0.5) is 0 Å². The third-order valence-corrected chi connectivity index (χ3v) is 4.37. The summed E-state index contributed by atoms with van der Waals surface area (Å²) in [5.41, 5.74) is 3.02. The summed E-state index contributed by atoms with van der Waals surface area (Å²) in [5.74, 6) is 0. The highest BCUT2D eigenvalue weighted by Crippen LogP contribution is 2.27. The average molecular weight is 291 g/mol. The van der Waals surface area contributed by atoms with Crippen LogP contribution in [0.1, 0.15) is 11.1 Å². The van der Waals surface area contributed by atoms with Crippen molar-refractivity contribution in [1.29, 1.82) is 0 Å². The van der Waals surface area contributed by atoms with Crippen molar-refractivity contribution in [1.82, 2.24) is 4.31 Å². The van der Waals surface area contributed by atoms with E-state index in [0.29, 0.717) is 0 Å². The van der Waals surface area contributed by atoms with Gasteiger partial charge in [0.15, 0.2) is 0 Å². The molecule has 2 rings (SSSR count). The van der Waals surface area contributed by atoms with Gasteiger partial charge in [-0.05, 0) is 26.7 Å². The lowest BCUT2D eigenvalue weighted by molar-refractivity contribution is 0.449. The first-order chi connectivity index (χ1) is 5.90. The molecule has 64 valence electrons. The zero-order valence-electron chi connectivity index (χ0n) is 6.66. The third-order valence-electron chi connectivity index (χ3n) is 2.19. The Balaban J connectivity index is 2.23. The maximum Gasteiger partial charge on any atom is 0.0350 e. The molecule has 0 aliphatic carbocycles. The van der Waals surface area contributed by atoms with Crippen LogP contribution in [0.25, 0.3) is 0 Å². The van der Waals surface area contributed by atoms with Gasteiger partial charge < -0.3 is 0 Å². The van der Waals surface area contributed by atoms with Crippen LogP contribution in [0.2, 0.25) is 0 Å². The van der Waals surface area contributed by atoms with Crippen molar-refractivity contribution in [3.05, 3.63) is 35.4 Å². The van der Waals surface area contributed by atoms with Crippen molar-refractivity contribution in [2.24, 2.45) is 0 Å². The lowest BCUT2D eigenvalue weighted by atomic mass is 10.0. The number of rotatable bonds is 1. The molecule has 0 radical (unpaired) electrons. The standard InChI is InChI=1S/C9H10INS/c10-12-11-6-5-8-3-1-2-4-9(8)7-11/h1-4H,5-7H2. The smallest absolute Gasteiger partial charge is 0.0350 e. The Kier molecular flexibility index (Phi) is 2.93. The van der Waals surface area contributed by atoms with E-state index >= 15 is 0 Å². The second kappa shape index (κ2) is 3.98. The molecule has 0 fully saturated rings. The number of fused-ring (bicyclic) bond motifs is 1. The highest BCUT2D eigenvalue weighted by molar-refractivity contribution is 14.2. The predicted octanol–water partition coefficient (Wildman–Crippen LogP) is 3.04. The van der Waals surface area contributed by atoms with Gasteiger partial charge in [0, 0.05) is 34.3 Å². The van der Waals surface area contributed by atoms with Crippen molar-refractivity contribution in [2.75, 3.05) is 6.54 Å². The van der Waals surface area contributed by atoms with E-state index in [4.69, 9.17) is 0 Å². The Bertz CT molecular complexity index is 277. The second-order valence-electron chi connectivity index (χ2n) is 2.95. The van der Waals surface area contributed by atoms with E-state index in [2.05, 4.69) is 49.8 Å². The van der Waals surface area contributed by atoms with Crippen LogP contribution >= 0.6 is 30.3 Å². The number of benzene rings is 1. The summed E-state index contributed by atoms with van der Waals surface area (Å²) in [7, 11) is 1.81. The maximum absolute atomic E-state index is 2.39. The summed E-state index contributed by atoms with van der Waals surface area (Å²) in [6.45, 7) is 2.29. The number of halogens is 1. The fourth-order valence-electron chi connectivity index (χ4n) is 1.53. The van der Waals surface area contributed by atoms with Gasteiger partial charge in [0.25, 0.3) is 0 Å². The molecule has 0 aromatic heterocycles. The maximum atomic E-state index is 2.39. The van der Waals surface area contributed by atoms with Gasteiger partial charge in [-0.15, -0.1) is 0 Å². The molecular formula is C9H10INS. The molecule has 0 bridgehead atoms. The quantitative estimate of drug-likeness (QED) is 0.578. The molecule has 1 aromatic rings. The number of nitrogens with zero attached hydrogens (tertiary/aromatic N) is 1. The minimum Gasteiger partial charge on any atom is -0.237 e. The Morgan fingerprint density at radius 2 is 2.00 bits per heavy atom. The van der Waals surface area contributed by atoms with Gasteiger partial charge in [0.2, 0.25) is 0 Å². The zero-order valence-corrected chi connectivity index (χ0v) is 9.64. The summed E-state index contributed by atoms with van der Waals surface area (Å²) >= 11 is 2.35. The Morgan fingerprint density at radius 1 is 1.25 bits per heavy atom. The molecule has 1 aromatic carbocycles. The first-order valence-corrected chi connectivity index (χ1v) is 7.32. The molecule has 3 heteroatoms. The number of hydrogen-bond donors (Lipinski definition) is 0. The summed E-state index contributed by atoms with van der Waals surface area (Å²) < 4.78 is 2.39. The summed E-state index contributed by atoms with van der Waals surface area (Å²) in [5, 5.41) is 0.